The zero-order valence-electron chi connectivity index (χ0n) is 13.8. The van der Waals surface area contributed by atoms with Crippen molar-refractivity contribution in [1.29, 1.82) is 0 Å². The third-order valence-electron chi connectivity index (χ3n) is 4.19. The fourth-order valence-corrected chi connectivity index (χ4v) is 3.06. The number of amides is 1. The van der Waals surface area contributed by atoms with Crippen LogP contribution < -0.4 is 0 Å². The molecule has 0 radical (unpaired) electrons. The summed E-state index contributed by atoms with van der Waals surface area (Å²) in [5, 5.41) is 4.38. The summed E-state index contributed by atoms with van der Waals surface area (Å²) in [6.07, 6.45) is 3.90. The lowest BCUT2D eigenvalue weighted by atomic mass is 10.1. The van der Waals surface area contributed by atoms with Crippen LogP contribution >= 0.6 is 0 Å². The van der Waals surface area contributed by atoms with Crippen molar-refractivity contribution in [1.82, 2.24) is 14.7 Å². The molecule has 1 amide bonds. The van der Waals surface area contributed by atoms with Crippen LogP contribution in [0.5, 0.6) is 0 Å². The summed E-state index contributed by atoms with van der Waals surface area (Å²) in [6, 6.07) is 9.75. The summed E-state index contributed by atoms with van der Waals surface area (Å²) < 4.78 is 7.44. The van der Waals surface area contributed by atoms with Crippen LogP contribution in [0.4, 0.5) is 0 Å². The fourth-order valence-electron chi connectivity index (χ4n) is 3.06. The van der Waals surface area contributed by atoms with E-state index >= 15 is 0 Å². The lowest BCUT2D eigenvalue weighted by Crippen LogP contribution is -2.50. The maximum Gasteiger partial charge on any atom is 0.247 e. The molecule has 1 aliphatic rings. The highest BCUT2D eigenvalue weighted by Gasteiger charge is 2.29. The fraction of sp³-hybridized carbons (Fsp3) is 0.444. The summed E-state index contributed by atoms with van der Waals surface area (Å²) in [7, 11) is 0. The van der Waals surface area contributed by atoms with Crippen molar-refractivity contribution in [3.8, 4) is 11.1 Å². The molecule has 0 bridgehead atoms. The van der Waals surface area contributed by atoms with Gasteiger partial charge in [0, 0.05) is 24.8 Å². The molecule has 3 atom stereocenters. The minimum Gasteiger partial charge on any atom is -0.372 e. The van der Waals surface area contributed by atoms with E-state index in [9.17, 15) is 4.79 Å². The molecule has 2 aromatic rings. The normalized spacial score (nSPS) is 22.8. The number of nitrogens with zero attached hydrogens (tertiary/aromatic N) is 3. The van der Waals surface area contributed by atoms with Gasteiger partial charge >= 0.3 is 0 Å². The number of carbonyl (C=O) groups excluding carboxylic acids is 1. The number of rotatable bonds is 3. The molecule has 1 aromatic carbocycles. The second-order valence-corrected chi connectivity index (χ2v) is 6.25. The highest BCUT2D eigenvalue weighted by Crippen LogP contribution is 2.21. The number of morpholine rings is 1. The largest absolute Gasteiger partial charge is 0.372 e. The van der Waals surface area contributed by atoms with Gasteiger partial charge in [0.05, 0.1) is 18.4 Å². The molecule has 5 heteroatoms. The first-order valence-corrected chi connectivity index (χ1v) is 8.08. The first-order chi connectivity index (χ1) is 11.0. The molecule has 2 heterocycles. The van der Waals surface area contributed by atoms with Crippen molar-refractivity contribution < 1.29 is 9.53 Å². The minimum atomic E-state index is -0.315. The Bertz CT molecular complexity index is 658. The third-order valence-corrected chi connectivity index (χ3v) is 4.19. The van der Waals surface area contributed by atoms with Gasteiger partial charge in [-0.2, -0.15) is 5.10 Å². The number of ether oxygens (including phenoxy) is 1. The van der Waals surface area contributed by atoms with Crippen molar-refractivity contribution in [2.24, 2.45) is 0 Å². The number of carbonyl (C=O) groups is 1. The van der Waals surface area contributed by atoms with Gasteiger partial charge in [0.15, 0.2) is 0 Å². The molecule has 0 N–H and O–H groups in total. The van der Waals surface area contributed by atoms with E-state index in [-0.39, 0.29) is 24.2 Å². The van der Waals surface area contributed by atoms with Crippen LogP contribution in [0.15, 0.2) is 42.7 Å². The Morgan fingerprint density at radius 3 is 2.48 bits per heavy atom. The van der Waals surface area contributed by atoms with E-state index in [1.54, 1.807) is 4.68 Å². The molecule has 0 spiro atoms. The maximum atomic E-state index is 12.7. The molecule has 23 heavy (non-hydrogen) atoms. The van der Waals surface area contributed by atoms with Gasteiger partial charge in [-0.3, -0.25) is 9.48 Å². The summed E-state index contributed by atoms with van der Waals surface area (Å²) in [6.45, 7) is 7.18. The SMILES string of the molecule is CC1CN(C(=O)C(C)n2cc(-c3ccccc3)cn2)CC(C)O1. The lowest BCUT2D eigenvalue weighted by molar-refractivity contribution is -0.146. The summed E-state index contributed by atoms with van der Waals surface area (Å²) >= 11 is 0. The zero-order chi connectivity index (χ0) is 16.4. The number of aromatic nitrogens is 2. The first-order valence-electron chi connectivity index (χ1n) is 8.08. The Kier molecular flexibility index (Phi) is 4.48. The van der Waals surface area contributed by atoms with Crippen LogP contribution in [0.25, 0.3) is 11.1 Å². The zero-order valence-corrected chi connectivity index (χ0v) is 13.8. The molecule has 0 aliphatic carbocycles. The molecule has 5 nitrogen and oxygen atoms in total. The average Bonchev–Trinajstić information content (AvgIpc) is 3.03. The predicted molar refractivity (Wildman–Crippen MR) is 89.0 cm³/mol. The van der Waals surface area contributed by atoms with Gasteiger partial charge in [-0.15, -0.1) is 0 Å². The van der Waals surface area contributed by atoms with E-state index in [1.807, 2.05) is 68.4 Å². The molecule has 122 valence electrons. The monoisotopic (exact) mass is 313 g/mol. The average molecular weight is 313 g/mol. The minimum absolute atomic E-state index is 0.0763. The number of hydrogen-bond donors (Lipinski definition) is 0. The van der Waals surface area contributed by atoms with Gasteiger partial charge in [0.2, 0.25) is 5.91 Å². The Balaban J connectivity index is 1.74. The molecule has 1 saturated heterocycles. The lowest BCUT2D eigenvalue weighted by Gasteiger charge is -2.36. The second kappa shape index (κ2) is 6.54. The Labute approximate surface area is 136 Å². The predicted octanol–water partition coefficient (Wildman–Crippen LogP) is 2.75. The quantitative estimate of drug-likeness (QED) is 0.875. The first kappa shape index (κ1) is 15.7. The summed E-state index contributed by atoms with van der Waals surface area (Å²) in [5.41, 5.74) is 2.13. The molecule has 1 aliphatic heterocycles. The second-order valence-electron chi connectivity index (χ2n) is 6.25. The van der Waals surface area contributed by atoms with Crippen molar-refractivity contribution in [2.45, 2.75) is 39.0 Å². The highest BCUT2D eigenvalue weighted by molar-refractivity contribution is 5.80. The van der Waals surface area contributed by atoms with Crippen molar-refractivity contribution in [3.63, 3.8) is 0 Å². The van der Waals surface area contributed by atoms with E-state index in [0.29, 0.717) is 13.1 Å². The molecule has 1 fully saturated rings. The van der Waals surface area contributed by atoms with Crippen molar-refractivity contribution >= 4 is 5.91 Å². The Morgan fingerprint density at radius 1 is 1.17 bits per heavy atom. The summed E-state index contributed by atoms with van der Waals surface area (Å²) in [4.78, 5) is 14.6. The van der Waals surface area contributed by atoms with Gasteiger partial charge in [-0.05, 0) is 26.3 Å². The summed E-state index contributed by atoms with van der Waals surface area (Å²) in [5.74, 6) is 0.0923. The van der Waals surface area contributed by atoms with Crippen LogP contribution in [-0.4, -0.2) is 45.9 Å². The standard InChI is InChI=1S/C18H23N3O2/c1-13-10-20(11-14(2)23-13)18(22)15(3)21-12-17(9-19-21)16-7-5-4-6-8-16/h4-9,12-15H,10-11H2,1-3H3. The molecule has 0 saturated carbocycles. The number of benzene rings is 1. The molecule has 1 aromatic heterocycles. The smallest absolute Gasteiger partial charge is 0.247 e. The van der Waals surface area contributed by atoms with Crippen LogP contribution in [0.3, 0.4) is 0 Å². The van der Waals surface area contributed by atoms with Gasteiger partial charge in [-0.1, -0.05) is 30.3 Å². The third kappa shape index (κ3) is 3.45. The Hall–Kier alpha value is -2.14. The van der Waals surface area contributed by atoms with Crippen LogP contribution in [0.1, 0.15) is 26.8 Å². The van der Waals surface area contributed by atoms with Crippen LogP contribution in [0, 0.1) is 0 Å². The molecular formula is C18H23N3O2. The number of hydrogen-bond acceptors (Lipinski definition) is 3. The van der Waals surface area contributed by atoms with Gasteiger partial charge < -0.3 is 9.64 Å². The van der Waals surface area contributed by atoms with Crippen LogP contribution in [0.2, 0.25) is 0 Å². The van der Waals surface area contributed by atoms with Crippen molar-refractivity contribution in [3.05, 3.63) is 42.7 Å². The van der Waals surface area contributed by atoms with E-state index in [4.69, 9.17) is 4.74 Å². The molecule has 3 rings (SSSR count). The molecule has 3 unspecified atom stereocenters. The van der Waals surface area contributed by atoms with E-state index in [1.165, 1.54) is 0 Å². The van der Waals surface area contributed by atoms with Crippen LogP contribution in [-0.2, 0) is 9.53 Å². The topological polar surface area (TPSA) is 47.4 Å². The maximum absolute atomic E-state index is 12.7. The van der Waals surface area contributed by atoms with Gasteiger partial charge in [0.25, 0.3) is 0 Å². The Morgan fingerprint density at radius 2 is 1.83 bits per heavy atom. The van der Waals surface area contributed by atoms with E-state index in [2.05, 4.69) is 5.10 Å². The van der Waals surface area contributed by atoms with E-state index in [0.717, 1.165) is 11.1 Å². The van der Waals surface area contributed by atoms with Gasteiger partial charge in [-0.25, -0.2) is 0 Å². The molecular weight excluding hydrogens is 290 g/mol. The van der Waals surface area contributed by atoms with Crippen molar-refractivity contribution in [2.75, 3.05) is 13.1 Å². The highest BCUT2D eigenvalue weighted by atomic mass is 16.5. The van der Waals surface area contributed by atoms with E-state index < -0.39 is 0 Å². The van der Waals surface area contributed by atoms with Gasteiger partial charge in [0.1, 0.15) is 6.04 Å².